The van der Waals surface area contributed by atoms with Crippen LogP contribution in [0.5, 0.6) is 0 Å². The molecule has 0 aromatic rings. The number of amides is 1. The van der Waals surface area contributed by atoms with Gasteiger partial charge in [0.25, 0.3) is 0 Å². The van der Waals surface area contributed by atoms with Crippen LogP contribution in [0, 0.1) is 0 Å². The summed E-state index contributed by atoms with van der Waals surface area (Å²) in [7, 11) is 1.22. The molecule has 0 heterocycles. The standard InChI is InChI=1S/C4H10.C2H5NO2.C2H6.H2O/c1-3-4-2;1-5-2(3)4;1-2;/h3-4H2,1-2H3;1H3,(H2,3,4);1-2H3;1H2. The van der Waals surface area contributed by atoms with Crippen LogP contribution in [0.4, 0.5) is 4.79 Å². The molecule has 0 aliphatic rings. The van der Waals surface area contributed by atoms with Crippen molar-refractivity contribution in [2.45, 2.75) is 40.5 Å². The minimum absolute atomic E-state index is 0. The van der Waals surface area contributed by atoms with E-state index in [9.17, 15) is 4.79 Å². The predicted octanol–water partition coefficient (Wildman–Crippen LogP) is 1.72. The highest BCUT2D eigenvalue weighted by Crippen LogP contribution is 1.76. The van der Waals surface area contributed by atoms with Crippen LogP contribution in [0.15, 0.2) is 0 Å². The van der Waals surface area contributed by atoms with Gasteiger partial charge in [-0.05, 0) is 0 Å². The fraction of sp³-hybridized carbons (Fsp3) is 0.875. The van der Waals surface area contributed by atoms with E-state index in [4.69, 9.17) is 0 Å². The lowest BCUT2D eigenvalue weighted by Gasteiger charge is -1.81. The molecule has 0 saturated carbocycles. The lowest BCUT2D eigenvalue weighted by molar-refractivity contribution is 0.182. The molecular formula is C8H23NO3. The van der Waals surface area contributed by atoms with E-state index in [1.54, 1.807) is 0 Å². The maximum Gasteiger partial charge on any atom is 0.404 e. The van der Waals surface area contributed by atoms with Gasteiger partial charge in [0.1, 0.15) is 0 Å². The average Bonchev–Trinajstić information content (AvgIpc) is 2.08. The largest absolute Gasteiger partial charge is 0.453 e. The summed E-state index contributed by atoms with van der Waals surface area (Å²) in [5.74, 6) is 0. The van der Waals surface area contributed by atoms with Gasteiger partial charge in [-0.15, -0.1) is 0 Å². The Bertz CT molecular complexity index is 65.3. The number of hydrogen-bond acceptors (Lipinski definition) is 2. The highest BCUT2D eigenvalue weighted by molar-refractivity contribution is 5.64. The monoisotopic (exact) mass is 181 g/mol. The maximum absolute atomic E-state index is 9.37. The third-order valence-electron chi connectivity index (χ3n) is 0.701. The number of methoxy groups -OCH3 is 1. The van der Waals surface area contributed by atoms with Gasteiger partial charge in [-0.25, -0.2) is 4.79 Å². The minimum Gasteiger partial charge on any atom is -0.453 e. The molecule has 0 unspecified atom stereocenters. The second-order valence-corrected chi connectivity index (χ2v) is 1.52. The van der Waals surface area contributed by atoms with Crippen LogP contribution >= 0.6 is 0 Å². The van der Waals surface area contributed by atoms with Crippen LogP contribution < -0.4 is 5.73 Å². The van der Waals surface area contributed by atoms with E-state index in [1.807, 2.05) is 13.8 Å². The summed E-state index contributed by atoms with van der Waals surface area (Å²) >= 11 is 0. The maximum atomic E-state index is 9.37. The predicted molar refractivity (Wildman–Crippen MR) is 52.1 cm³/mol. The first kappa shape index (κ1) is 22.5. The van der Waals surface area contributed by atoms with E-state index in [1.165, 1.54) is 20.0 Å². The number of ether oxygens (including phenoxy) is 1. The van der Waals surface area contributed by atoms with E-state index < -0.39 is 6.09 Å². The molecule has 0 radical (unpaired) electrons. The first-order valence-electron chi connectivity index (χ1n) is 4.02. The molecule has 4 N–H and O–H groups in total. The van der Waals surface area contributed by atoms with Crippen molar-refractivity contribution >= 4 is 6.09 Å². The molecule has 0 fully saturated rings. The number of rotatable bonds is 1. The minimum atomic E-state index is -0.745. The molecule has 1 amide bonds. The molecule has 4 heteroatoms. The van der Waals surface area contributed by atoms with Crippen molar-refractivity contribution in [2.75, 3.05) is 7.11 Å². The van der Waals surface area contributed by atoms with Gasteiger partial charge in [0, 0.05) is 0 Å². The molecule has 12 heavy (non-hydrogen) atoms. The third kappa shape index (κ3) is 126. The summed E-state index contributed by atoms with van der Waals surface area (Å²) in [6.07, 6.45) is 1.89. The molecule has 0 aliphatic carbocycles. The van der Waals surface area contributed by atoms with Gasteiger partial charge < -0.3 is 15.9 Å². The number of primary amides is 1. The van der Waals surface area contributed by atoms with Crippen molar-refractivity contribution in [1.82, 2.24) is 0 Å². The molecule has 0 aliphatic heterocycles. The Morgan fingerprint density at radius 2 is 1.42 bits per heavy atom. The van der Waals surface area contributed by atoms with E-state index >= 15 is 0 Å². The third-order valence-corrected chi connectivity index (χ3v) is 0.701. The van der Waals surface area contributed by atoms with Gasteiger partial charge in [0.05, 0.1) is 7.11 Å². The molecule has 0 rings (SSSR count). The van der Waals surface area contributed by atoms with Gasteiger partial charge in [0.2, 0.25) is 0 Å². The molecule has 0 aromatic carbocycles. The van der Waals surface area contributed by atoms with E-state index in [-0.39, 0.29) is 5.48 Å². The summed E-state index contributed by atoms with van der Waals surface area (Å²) in [6.45, 7) is 8.36. The fourth-order valence-corrected chi connectivity index (χ4v) is 0. The van der Waals surface area contributed by atoms with Gasteiger partial charge in [-0.1, -0.05) is 40.5 Å². The van der Waals surface area contributed by atoms with Crippen molar-refractivity contribution in [3.63, 3.8) is 0 Å². The Balaban J connectivity index is -0.0000000419. The summed E-state index contributed by atoms with van der Waals surface area (Å²) in [5, 5.41) is 0. The molecule has 4 nitrogen and oxygen atoms in total. The molecule has 0 aromatic heterocycles. The van der Waals surface area contributed by atoms with Crippen molar-refractivity contribution < 1.29 is 15.0 Å². The molecule has 0 saturated heterocycles. The number of carbonyl (C=O) groups excluding carboxylic acids is 1. The van der Waals surface area contributed by atoms with E-state index in [0.29, 0.717) is 0 Å². The lowest BCUT2D eigenvalue weighted by Crippen LogP contribution is -2.08. The SMILES string of the molecule is CC.CCCC.COC(N)=O.O. The normalized spacial score (nSPS) is 5.75. The summed E-state index contributed by atoms with van der Waals surface area (Å²) in [4.78, 5) is 9.37. The summed E-state index contributed by atoms with van der Waals surface area (Å²) in [5.41, 5.74) is 4.43. The van der Waals surface area contributed by atoms with Crippen LogP contribution in [0.25, 0.3) is 0 Å². The zero-order chi connectivity index (χ0) is 9.70. The topological polar surface area (TPSA) is 83.8 Å². The first-order chi connectivity index (χ1) is 5.18. The van der Waals surface area contributed by atoms with Crippen molar-refractivity contribution in [3.8, 4) is 0 Å². The zero-order valence-electron chi connectivity index (χ0n) is 8.81. The Kier molecular flexibility index (Phi) is 59.7. The quantitative estimate of drug-likeness (QED) is 0.668. The van der Waals surface area contributed by atoms with Crippen molar-refractivity contribution in [3.05, 3.63) is 0 Å². The lowest BCUT2D eigenvalue weighted by atomic mass is 10.4. The number of carbonyl (C=O) groups is 1. The first-order valence-corrected chi connectivity index (χ1v) is 4.02. The van der Waals surface area contributed by atoms with Crippen molar-refractivity contribution in [2.24, 2.45) is 5.73 Å². The van der Waals surface area contributed by atoms with E-state index in [2.05, 4.69) is 24.3 Å². The van der Waals surface area contributed by atoms with Gasteiger partial charge in [-0.3, -0.25) is 0 Å². The molecule has 0 atom stereocenters. The van der Waals surface area contributed by atoms with Gasteiger partial charge in [0.15, 0.2) is 0 Å². The molecular weight excluding hydrogens is 158 g/mol. The number of nitrogens with two attached hydrogens (primary N) is 1. The van der Waals surface area contributed by atoms with Crippen LogP contribution in [0.2, 0.25) is 0 Å². The van der Waals surface area contributed by atoms with Crippen LogP contribution in [0.3, 0.4) is 0 Å². The summed E-state index contributed by atoms with van der Waals surface area (Å²) in [6, 6.07) is 0. The van der Waals surface area contributed by atoms with Crippen LogP contribution in [-0.2, 0) is 4.74 Å². The molecule has 0 spiro atoms. The van der Waals surface area contributed by atoms with Crippen LogP contribution in [0.1, 0.15) is 40.5 Å². The highest BCUT2D eigenvalue weighted by atomic mass is 16.5. The van der Waals surface area contributed by atoms with Gasteiger partial charge >= 0.3 is 6.09 Å². The highest BCUT2D eigenvalue weighted by Gasteiger charge is 1.76. The molecule has 78 valence electrons. The smallest absolute Gasteiger partial charge is 0.404 e. The van der Waals surface area contributed by atoms with Gasteiger partial charge in [-0.2, -0.15) is 0 Å². The Hall–Kier alpha value is -0.770. The zero-order valence-corrected chi connectivity index (χ0v) is 8.81. The molecule has 0 bridgehead atoms. The fourth-order valence-electron chi connectivity index (χ4n) is 0. The Labute approximate surface area is 75.4 Å². The number of hydrogen-bond donors (Lipinski definition) is 1. The second-order valence-electron chi connectivity index (χ2n) is 1.52. The average molecular weight is 181 g/mol. The Morgan fingerprint density at radius 1 is 1.25 bits per heavy atom. The van der Waals surface area contributed by atoms with E-state index in [0.717, 1.165) is 0 Å². The van der Waals surface area contributed by atoms with Crippen LogP contribution in [-0.4, -0.2) is 18.7 Å². The number of unbranched alkanes of at least 4 members (excludes halogenated alkanes) is 1. The second kappa shape index (κ2) is 31.9. The van der Waals surface area contributed by atoms with Crippen molar-refractivity contribution in [1.29, 1.82) is 0 Å². The summed E-state index contributed by atoms with van der Waals surface area (Å²) < 4.78 is 3.89. The Morgan fingerprint density at radius 3 is 1.42 bits per heavy atom.